The third-order valence-electron chi connectivity index (χ3n) is 3.70. The Hall–Kier alpha value is -1.98. The van der Waals surface area contributed by atoms with E-state index in [4.69, 9.17) is 0 Å². The van der Waals surface area contributed by atoms with Crippen LogP contribution in [0.1, 0.15) is 19.3 Å². The van der Waals surface area contributed by atoms with Crippen molar-refractivity contribution in [3.63, 3.8) is 0 Å². The second-order valence-electron chi connectivity index (χ2n) is 4.93. The second kappa shape index (κ2) is 5.77. The Morgan fingerprint density at radius 2 is 1.95 bits per heavy atom. The average Bonchev–Trinajstić information content (AvgIpc) is 3.00. The van der Waals surface area contributed by atoms with Gasteiger partial charge in [0.2, 0.25) is 5.95 Å². The molecule has 2 aromatic heterocycles. The first-order chi connectivity index (χ1) is 9.42. The van der Waals surface area contributed by atoms with Gasteiger partial charge in [-0.25, -0.2) is 15.0 Å². The highest BCUT2D eigenvalue weighted by atomic mass is 15.3. The molecule has 0 bridgehead atoms. The van der Waals surface area contributed by atoms with E-state index in [9.17, 15) is 0 Å². The quantitative estimate of drug-likeness (QED) is 0.829. The van der Waals surface area contributed by atoms with Gasteiger partial charge in [0, 0.05) is 32.0 Å². The van der Waals surface area contributed by atoms with E-state index in [2.05, 4.69) is 25.0 Å². The molecule has 0 N–H and O–H groups in total. The number of nitrogens with zero attached hydrogens (tertiary/aromatic N) is 6. The largest absolute Gasteiger partial charge is 0.341 e. The standard InChI is InChI=1S/C13H18N6/c1-5-17-19(6-1)9-4-12-2-7-18(8-3-12)13-15-10-14-11-16-13/h1,5-6,10-12H,2-4,7-9H2. The fraction of sp³-hybridized carbons (Fsp3) is 0.538. The highest BCUT2D eigenvalue weighted by Gasteiger charge is 2.20. The number of anilines is 1. The Morgan fingerprint density at radius 1 is 1.16 bits per heavy atom. The minimum Gasteiger partial charge on any atom is -0.341 e. The van der Waals surface area contributed by atoms with Crippen LogP contribution in [0.2, 0.25) is 0 Å². The topological polar surface area (TPSA) is 59.7 Å². The summed E-state index contributed by atoms with van der Waals surface area (Å²) in [6.45, 7) is 3.09. The van der Waals surface area contributed by atoms with Crippen LogP contribution in [0.3, 0.4) is 0 Å². The van der Waals surface area contributed by atoms with Crippen molar-refractivity contribution in [2.24, 2.45) is 5.92 Å². The van der Waals surface area contributed by atoms with Crippen LogP contribution >= 0.6 is 0 Å². The molecule has 0 atom stereocenters. The predicted molar refractivity (Wildman–Crippen MR) is 71.6 cm³/mol. The molecule has 1 saturated heterocycles. The SMILES string of the molecule is c1cnn(CCC2CCN(c3ncncn3)CC2)c1. The fourth-order valence-corrected chi connectivity index (χ4v) is 2.57. The molecule has 1 fully saturated rings. The predicted octanol–water partition coefficient (Wildman–Crippen LogP) is 1.37. The van der Waals surface area contributed by atoms with Gasteiger partial charge in [-0.1, -0.05) is 0 Å². The number of hydrogen-bond acceptors (Lipinski definition) is 5. The third kappa shape index (κ3) is 3.07. The molecule has 6 heteroatoms. The third-order valence-corrected chi connectivity index (χ3v) is 3.70. The maximum absolute atomic E-state index is 4.24. The summed E-state index contributed by atoms with van der Waals surface area (Å²) in [5.74, 6) is 1.59. The second-order valence-corrected chi connectivity index (χ2v) is 4.93. The van der Waals surface area contributed by atoms with Gasteiger partial charge in [-0.2, -0.15) is 5.10 Å². The molecule has 100 valence electrons. The summed E-state index contributed by atoms with van der Waals surface area (Å²) in [7, 11) is 0. The van der Waals surface area contributed by atoms with Gasteiger partial charge >= 0.3 is 0 Å². The van der Waals surface area contributed by atoms with E-state index in [1.165, 1.54) is 19.3 Å². The molecule has 19 heavy (non-hydrogen) atoms. The van der Waals surface area contributed by atoms with Crippen molar-refractivity contribution in [3.05, 3.63) is 31.1 Å². The zero-order valence-electron chi connectivity index (χ0n) is 10.9. The van der Waals surface area contributed by atoms with Crippen LogP contribution < -0.4 is 4.90 Å². The smallest absolute Gasteiger partial charge is 0.228 e. The molecule has 0 amide bonds. The van der Waals surface area contributed by atoms with E-state index in [-0.39, 0.29) is 0 Å². The molecule has 6 nitrogen and oxygen atoms in total. The van der Waals surface area contributed by atoms with Gasteiger partial charge in [0.1, 0.15) is 12.7 Å². The first kappa shape index (κ1) is 12.1. The molecule has 0 unspecified atom stereocenters. The number of aryl methyl sites for hydroxylation is 1. The zero-order chi connectivity index (χ0) is 12.9. The fourth-order valence-electron chi connectivity index (χ4n) is 2.57. The van der Waals surface area contributed by atoms with Gasteiger partial charge < -0.3 is 4.90 Å². The molecule has 0 radical (unpaired) electrons. The van der Waals surface area contributed by atoms with E-state index in [1.807, 2.05) is 23.1 Å². The van der Waals surface area contributed by atoms with E-state index in [0.717, 1.165) is 31.5 Å². The van der Waals surface area contributed by atoms with Crippen molar-refractivity contribution < 1.29 is 0 Å². The molecule has 0 aromatic carbocycles. The summed E-state index contributed by atoms with van der Waals surface area (Å²) in [4.78, 5) is 14.5. The Morgan fingerprint density at radius 3 is 2.63 bits per heavy atom. The number of hydrogen-bond donors (Lipinski definition) is 0. The van der Waals surface area contributed by atoms with Gasteiger partial charge in [-0.15, -0.1) is 0 Å². The highest BCUT2D eigenvalue weighted by Crippen LogP contribution is 2.23. The minimum atomic E-state index is 0.780. The number of aromatic nitrogens is 5. The van der Waals surface area contributed by atoms with Crippen LogP contribution in [0.4, 0.5) is 5.95 Å². The monoisotopic (exact) mass is 258 g/mol. The summed E-state index contributed by atoms with van der Waals surface area (Å²) < 4.78 is 2.01. The lowest BCUT2D eigenvalue weighted by molar-refractivity contribution is 0.352. The van der Waals surface area contributed by atoms with Crippen LogP contribution in [0.15, 0.2) is 31.1 Å². The number of rotatable bonds is 4. The molecular weight excluding hydrogens is 240 g/mol. The molecule has 3 heterocycles. The summed E-state index contributed by atoms with van der Waals surface area (Å²) in [5, 5.41) is 4.24. The highest BCUT2D eigenvalue weighted by molar-refractivity contribution is 5.27. The van der Waals surface area contributed by atoms with E-state index >= 15 is 0 Å². The molecule has 0 spiro atoms. The van der Waals surface area contributed by atoms with Crippen molar-refractivity contribution in [1.29, 1.82) is 0 Å². The average molecular weight is 258 g/mol. The van der Waals surface area contributed by atoms with Crippen molar-refractivity contribution in [2.75, 3.05) is 18.0 Å². The van der Waals surface area contributed by atoms with Crippen LogP contribution in [0.25, 0.3) is 0 Å². The Kier molecular flexibility index (Phi) is 3.67. The van der Waals surface area contributed by atoms with E-state index in [0.29, 0.717) is 0 Å². The normalized spacial score (nSPS) is 16.7. The first-order valence-corrected chi connectivity index (χ1v) is 6.76. The van der Waals surface area contributed by atoms with Crippen LogP contribution in [-0.2, 0) is 6.54 Å². The van der Waals surface area contributed by atoms with Gasteiger partial charge in [0.15, 0.2) is 0 Å². The van der Waals surface area contributed by atoms with Gasteiger partial charge in [-0.3, -0.25) is 4.68 Å². The Labute approximate surface area is 112 Å². The van der Waals surface area contributed by atoms with Crippen molar-refractivity contribution in [3.8, 4) is 0 Å². The van der Waals surface area contributed by atoms with Crippen molar-refractivity contribution >= 4 is 5.95 Å². The molecule has 2 aromatic rings. The van der Waals surface area contributed by atoms with E-state index in [1.54, 1.807) is 12.7 Å². The van der Waals surface area contributed by atoms with Gasteiger partial charge in [0.05, 0.1) is 0 Å². The van der Waals surface area contributed by atoms with E-state index < -0.39 is 0 Å². The minimum absolute atomic E-state index is 0.780. The van der Waals surface area contributed by atoms with Crippen LogP contribution in [-0.4, -0.2) is 37.8 Å². The number of piperidine rings is 1. The zero-order valence-corrected chi connectivity index (χ0v) is 10.9. The molecule has 1 aliphatic heterocycles. The molecule has 1 aliphatic rings. The molecule has 3 rings (SSSR count). The summed E-state index contributed by atoms with van der Waals surface area (Å²) in [5.41, 5.74) is 0. The van der Waals surface area contributed by atoms with Crippen molar-refractivity contribution in [1.82, 2.24) is 24.7 Å². The lowest BCUT2D eigenvalue weighted by Crippen LogP contribution is -2.35. The summed E-state index contributed by atoms with van der Waals surface area (Å²) >= 11 is 0. The van der Waals surface area contributed by atoms with Crippen molar-refractivity contribution in [2.45, 2.75) is 25.8 Å². The first-order valence-electron chi connectivity index (χ1n) is 6.76. The van der Waals surface area contributed by atoms with Gasteiger partial charge in [0.25, 0.3) is 0 Å². The Balaban J connectivity index is 1.47. The van der Waals surface area contributed by atoms with Gasteiger partial charge in [-0.05, 0) is 31.2 Å². The molecular formula is C13H18N6. The summed E-state index contributed by atoms with van der Waals surface area (Å²) in [6.07, 6.45) is 10.6. The maximum Gasteiger partial charge on any atom is 0.228 e. The Bertz CT molecular complexity index is 475. The lowest BCUT2D eigenvalue weighted by Gasteiger charge is -2.31. The maximum atomic E-state index is 4.24. The summed E-state index contributed by atoms with van der Waals surface area (Å²) in [6, 6.07) is 1.98. The lowest BCUT2D eigenvalue weighted by atomic mass is 9.94. The van der Waals surface area contributed by atoms with Crippen LogP contribution in [0, 0.1) is 5.92 Å². The van der Waals surface area contributed by atoms with Crippen LogP contribution in [0.5, 0.6) is 0 Å². The molecule has 0 aliphatic carbocycles. The molecule has 0 saturated carbocycles.